The number of hydrogen-bond acceptors (Lipinski definition) is 6. The van der Waals surface area contributed by atoms with E-state index in [0.29, 0.717) is 10.8 Å². The Kier molecular flexibility index (Phi) is 4.44. The van der Waals surface area contributed by atoms with Gasteiger partial charge < -0.3 is 14.2 Å². The molecule has 90 valence electrons. The maximum atomic E-state index is 11.6. The zero-order chi connectivity index (χ0) is 11.9. The maximum Gasteiger partial charge on any atom is 1.00 e. The molecule has 0 radical (unpaired) electrons. The Morgan fingerprint density at radius 3 is 2.71 bits per heavy atom. The molecule has 0 aromatic heterocycles. The van der Waals surface area contributed by atoms with Crippen LogP contribution in [0.1, 0.15) is 0 Å². The molecule has 1 atom stereocenters. The van der Waals surface area contributed by atoms with E-state index in [-0.39, 0.29) is 42.6 Å². The molecule has 2 heterocycles. The van der Waals surface area contributed by atoms with Crippen LogP contribution in [0, 0.1) is 0 Å². The van der Waals surface area contributed by atoms with Gasteiger partial charge in [-0.2, -0.15) is 9.35 Å². The minimum Gasteiger partial charge on any atom is -0.724 e. The Balaban J connectivity index is 0.00000144. The number of amides is 2. The fraction of sp³-hybridized carbons (Fsp3) is 0.571. The number of ether oxygens (including phenoxy) is 1. The van der Waals surface area contributed by atoms with Crippen LogP contribution in [0.4, 0.5) is 4.79 Å². The van der Waals surface area contributed by atoms with E-state index in [0.717, 1.165) is 0 Å². The molecule has 0 spiro atoms. The molecule has 0 aromatic carbocycles. The smallest absolute Gasteiger partial charge is 0.724 e. The van der Waals surface area contributed by atoms with Gasteiger partial charge in [-0.3, -0.25) is 0 Å². The van der Waals surface area contributed by atoms with E-state index in [9.17, 15) is 17.8 Å². The molecule has 2 rings (SSSR count). The Labute approximate surface area is 120 Å². The molecule has 17 heavy (non-hydrogen) atoms. The molecule has 1 saturated heterocycles. The summed E-state index contributed by atoms with van der Waals surface area (Å²) in [5.74, 6) is 0.527. The van der Waals surface area contributed by atoms with Crippen molar-refractivity contribution in [3.63, 3.8) is 0 Å². The van der Waals surface area contributed by atoms with Crippen molar-refractivity contribution in [1.82, 2.24) is 9.96 Å². The number of rotatable bonds is 3. The Hall–Kier alpha value is -0.320. The van der Waals surface area contributed by atoms with Crippen molar-refractivity contribution < 1.29 is 56.3 Å². The van der Waals surface area contributed by atoms with E-state index in [1.165, 1.54) is 12.0 Å². The predicted molar refractivity (Wildman–Crippen MR) is 48.5 cm³/mol. The quantitative estimate of drug-likeness (QED) is 0.295. The molecule has 2 amide bonds. The summed E-state index contributed by atoms with van der Waals surface area (Å²) >= 11 is 0. The molecule has 2 aliphatic heterocycles. The van der Waals surface area contributed by atoms with Gasteiger partial charge in [0.05, 0.1) is 13.7 Å². The zero-order valence-electron chi connectivity index (χ0n) is 9.32. The van der Waals surface area contributed by atoms with Gasteiger partial charge >= 0.3 is 35.6 Å². The number of methoxy groups -OCH3 is 1. The summed E-state index contributed by atoms with van der Waals surface area (Å²) in [7, 11) is -3.50. The molecule has 2 bridgehead atoms. The SMILES string of the molecule is COC1=CC2CN(C1)C(=O)N2OS(=O)(=O)[O-].[Na+]. The molecule has 0 aromatic rings. The van der Waals surface area contributed by atoms with Gasteiger partial charge in [-0.1, -0.05) is 0 Å². The largest absolute Gasteiger partial charge is 1.00 e. The van der Waals surface area contributed by atoms with Crippen molar-refractivity contribution in [2.45, 2.75) is 6.04 Å². The molecule has 0 saturated carbocycles. The zero-order valence-corrected chi connectivity index (χ0v) is 12.1. The van der Waals surface area contributed by atoms with Crippen LogP contribution in [0.15, 0.2) is 11.8 Å². The first kappa shape index (κ1) is 14.7. The van der Waals surface area contributed by atoms with E-state index < -0.39 is 22.5 Å². The molecule has 0 N–H and O–H groups in total. The molecule has 10 heteroatoms. The van der Waals surface area contributed by atoms with Crippen molar-refractivity contribution >= 4 is 16.4 Å². The molecule has 0 aliphatic carbocycles. The number of fused-ring (bicyclic) bond motifs is 2. The standard InChI is InChI=1S/C7H10N2O6S.Na/c1-14-6-2-5-3-8(4-6)7(10)9(5)15-16(11,12)13;/h2,5H,3-4H2,1H3,(H,11,12,13);/q;+1/p-1. The Morgan fingerprint density at radius 2 is 2.18 bits per heavy atom. The minimum atomic E-state index is -4.94. The van der Waals surface area contributed by atoms with Crippen LogP contribution < -0.4 is 29.6 Å². The van der Waals surface area contributed by atoms with Gasteiger partial charge in [0.1, 0.15) is 11.8 Å². The first-order valence-corrected chi connectivity index (χ1v) is 5.72. The summed E-state index contributed by atoms with van der Waals surface area (Å²) in [5.41, 5.74) is 0. The van der Waals surface area contributed by atoms with E-state index in [2.05, 4.69) is 4.28 Å². The minimum absolute atomic E-state index is 0. The van der Waals surface area contributed by atoms with Gasteiger partial charge in [-0.05, 0) is 6.08 Å². The fourth-order valence-electron chi connectivity index (χ4n) is 1.69. The summed E-state index contributed by atoms with van der Waals surface area (Å²) in [6.45, 7) is 0.520. The molecule has 8 nitrogen and oxygen atoms in total. The van der Waals surface area contributed by atoms with Crippen molar-refractivity contribution in [2.24, 2.45) is 0 Å². The third-order valence-electron chi connectivity index (χ3n) is 2.33. The summed E-state index contributed by atoms with van der Waals surface area (Å²) in [5, 5.41) is 0.550. The van der Waals surface area contributed by atoms with Gasteiger partial charge in [-0.15, -0.1) is 0 Å². The number of carbonyl (C=O) groups excluding carboxylic acids is 1. The molecular formula is C7H9N2NaO6S. The van der Waals surface area contributed by atoms with Crippen LogP contribution in [-0.4, -0.2) is 55.2 Å². The second-order valence-corrected chi connectivity index (χ2v) is 4.34. The topological polar surface area (TPSA) is 99.2 Å². The van der Waals surface area contributed by atoms with Gasteiger partial charge in [-0.25, -0.2) is 13.2 Å². The monoisotopic (exact) mass is 272 g/mol. The van der Waals surface area contributed by atoms with Crippen molar-refractivity contribution in [1.29, 1.82) is 0 Å². The van der Waals surface area contributed by atoms with Crippen LogP contribution >= 0.6 is 0 Å². The first-order valence-electron chi connectivity index (χ1n) is 4.39. The second kappa shape index (κ2) is 5.12. The van der Waals surface area contributed by atoms with Gasteiger partial charge in [0.15, 0.2) is 0 Å². The maximum absolute atomic E-state index is 11.6. The number of carbonyl (C=O) groups is 1. The van der Waals surface area contributed by atoms with E-state index in [1.54, 1.807) is 6.08 Å². The summed E-state index contributed by atoms with van der Waals surface area (Å²) in [4.78, 5) is 12.9. The number of nitrogens with zero attached hydrogens (tertiary/aromatic N) is 2. The fourth-order valence-corrected chi connectivity index (χ4v) is 2.06. The van der Waals surface area contributed by atoms with Crippen molar-refractivity contribution in [3.8, 4) is 0 Å². The Morgan fingerprint density at radius 1 is 1.53 bits per heavy atom. The van der Waals surface area contributed by atoms with E-state index in [1.807, 2.05) is 0 Å². The molecule has 1 fully saturated rings. The van der Waals surface area contributed by atoms with Gasteiger partial charge in [0, 0.05) is 6.54 Å². The predicted octanol–water partition coefficient (Wildman–Crippen LogP) is -3.97. The average Bonchev–Trinajstić information content (AvgIpc) is 2.40. The van der Waals surface area contributed by atoms with Gasteiger partial charge in [0.2, 0.25) is 10.4 Å². The normalized spacial score (nSPS) is 23.3. The third kappa shape index (κ3) is 3.12. The van der Waals surface area contributed by atoms with Crippen molar-refractivity contribution in [3.05, 3.63) is 11.8 Å². The van der Waals surface area contributed by atoms with Crippen LogP contribution in [0.25, 0.3) is 0 Å². The van der Waals surface area contributed by atoms with Crippen LogP contribution in [-0.2, 0) is 19.4 Å². The Bertz CT molecular complexity index is 449. The van der Waals surface area contributed by atoms with Crippen LogP contribution in [0.3, 0.4) is 0 Å². The summed E-state index contributed by atoms with van der Waals surface area (Å²) in [6, 6.07) is -1.27. The van der Waals surface area contributed by atoms with Crippen LogP contribution in [0.5, 0.6) is 0 Å². The third-order valence-corrected chi connectivity index (χ3v) is 2.67. The first-order chi connectivity index (χ1) is 7.40. The average molecular weight is 272 g/mol. The second-order valence-electron chi connectivity index (χ2n) is 3.38. The van der Waals surface area contributed by atoms with Crippen molar-refractivity contribution in [2.75, 3.05) is 20.2 Å². The summed E-state index contributed by atoms with van der Waals surface area (Å²) in [6.07, 6.45) is 1.55. The number of urea groups is 1. The van der Waals surface area contributed by atoms with Crippen LogP contribution in [0.2, 0.25) is 0 Å². The molecular weight excluding hydrogens is 263 g/mol. The summed E-state index contributed by atoms with van der Waals surface area (Å²) < 4.78 is 40.3. The molecule has 2 aliphatic rings. The molecule has 1 unspecified atom stereocenters. The van der Waals surface area contributed by atoms with E-state index in [4.69, 9.17) is 4.74 Å². The van der Waals surface area contributed by atoms with E-state index >= 15 is 0 Å². The van der Waals surface area contributed by atoms with Gasteiger partial charge in [0.25, 0.3) is 0 Å². The number of hydrogen-bond donors (Lipinski definition) is 0. The number of hydroxylamine groups is 2.